The third-order valence-electron chi connectivity index (χ3n) is 20.5. The molecular formula is C69H99F5N4O11S. The number of unbranched alkanes of at least 4 members (excludes halogenated alkanes) is 6. The lowest BCUT2D eigenvalue weighted by Crippen LogP contribution is -2.50. The molecule has 7 rings (SSSR count). The number of nitrogens with one attached hydrogen (secondary N) is 1. The molecule has 1 unspecified atom stereocenters. The van der Waals surface area contributed by atoms with Crippen molar-refractivity contribution in [2.24, 2.45) is 40.7 Å². The quantitative estimate of drug-likeness (QED) is 0.0348. The maximum Gasteiger partial charge on any atom is 0.453 e. The number of nitrogens with two attached hydrogens (primary N) is 1. The van der Waals surface area contributed by atoms with Crippen LogP contribution in [0.5, 0.6) is 0 Å². The number of allylic oxidation sites excluding steroid dienone is 6. The van der Waals surface area contributed by atoms with Gasteiger partial charge in [0.05, 0.1) is 30.4 Å². The standard InChI is InChI=1S/C69H99F5N4O11S/c1-43-35-53-62(56(80)42-50(64(53)84)41-55(79)44(2)17-15-19-57(87-6)65(89-66(75)85)46(4)37-45(3)63(83)58(36-43)88-7)76-27-28-77-29-31-78(32-30-77)60(82)39-47-20-21-51-49(38-47)40-48(61-52(51)24-26-67(5)54(61)22-23-59(67)81)18-13-11-9-8-10-12-14-33-90(86)34-16-25-68(70,71)69(72,73)74/h15,17,19-21,37-38,42-43,45,48,52,54,57-59,61,63,65,76,81,83H,8-14,16,18,22-36,39-41H2,1-7H3,(H2,75,85)/b19-15-,44-17+,46-37+/t43-,45+,48-,52-,54+,57+,58+,59+,61-,63+,65+,67+,90?/m1/s1. The van der Waals surface area contributed by atoms with Gasteiger partial charge in [-0.25, -0.2) is 4.79 Å². The predicted octanol–water partition coefficient (Wildman–Crippen LogP) is 10.9. The third-order valence-corrected chi connectivity index (χ3v) is 22.0. The minimum absolute atomic E-state index is 0.0661. The molecule has 1 saturated heterocycles. The number of methoxy groups -OCH3 is 2. The van der Waals surface area contributed by atoms with Gasteiger partial charge in [-0.15, -0.1) is 0 Å². The van der Waals surface area contributed by atoms with Crippen molar-refractivity contribution in [1.82, 2.24) is 15.1 Å². The fourth-order valence-corrected chi connectivity index (χ4v) is 16.5. The first kappa shape index (κ1) is 72.5. The van der Waals surface area contributed by atoms with Crippen LogP contribution in [0, 0.1) is 35.0 Å². The zero-order valence-electron chi connectivity index (χ0n) is 53.9. The second-order valence-electron chi connectivity index (χ2n) is 26.9. The number of ketones is 3. The molecule has 502 valence electrons. The van der Waals surface area contributed by atoms with E-state index in [1.165, 1.54) is 31.4 Å². The molecule has 13 atom stereocenters. The van der Waals surface area contributed by atoms with Crippen LogP contribution in [0.4, 0.5) is 26.7 Å². The van der Waals surface area contributed by atoms with Gasteiger partial charge in [0.2, 0.25) is 11.7 Å². The number of carbonyl (C=O) groups excluding carboxylic acids is 5. The lowest BCUT2D eigenvalue weighted by atomic mass is 9.52. The van der Waals surface area contributed by atoms with Crippen molar-refractivity contribution in [3.63, 3.8) is 0 Å². The average molecular weight is 1290 g/mol. The highest BCUT2D eigenvalue weighted by Gasteiger charge is 2.58. The van der Waals surface area contributed by atoms with E-state index in [0.717, 1.165) is 82.6 Å². The first-order valence-electron chi connectivity index (χ1n) is 32.8. The molecule has 5 N–H and O–H groups in total. The number of benzene rings is 1. The minimum atomic E-state index is -5.59. The predicted molar refractivity (Wildman–Crippen MR) is 337 cm³/mol. The number of fused-ring (bicyclic) bond motifs is 7. The Kier molecular flexibility index (Phi) is 26.4. The molecule has 1 heterocycles. The summed E-state index contributed by atoms with van der Waals surface area (Å²) in [5.74, 6) is -4.68. The molecule has 6 aliphatic rings. The van der Waals surface area contributed by atoms with Gasteiger partial charge in [0.25, 0.3) is 0 Å². The smallest absolute Gasteiger partial charge is 0.439 e. The van der Waals surface area contributed by atoms with E-state index in [1.807, 2.05) is 18.7 Å². The number of halogens is 5. The molecule has 0 radical (unpaired) electrons. The van der Waals surface area contributed by atoms with E-state index >= 15 is 0 Å². The summed E-state index contributed by atoms with van der Waals surface area (Å²) in [6, 6.07) is 6.68. The molecule has 0 spiro atoms. The normalized spacial score (nSPS) is 31.1. The second-order valence-corrected chi connectivity index (χ2v) is 28.6. The molecule has 2 amide bonds. The van der Waals surface area contributed by atoms with Gasteiger partial charge in [0.1, 0.15) is 6.10 Å². The highest BCUT2D eigenvalue weighted by Crippen LogP contribution is 2.63. The summed E-state index contributed by atoms with van der Waals surface area (Å²) in [6.45, 7) is 12.6. The number of carbonyl (C=O) groups is 5. The molecule has 5 aliphatic carbocycles. The minimum Gasteiger partial charge on any atom is -0.439 e. The van der Waals surface area contributed by atoms with E-state index in [0.29, 0.717) is 99.1 Å². The Morgan fingerprint density at radius 2 is 1.58 bits per heavy atom. The van der Waals surface area contributed by atoms with Crippen LogP contribution in [0.2, 0.25) is 0 Å². The zero-order chi connectivity index (χ0) is 65.7. The van der Waals surface area contributed by atoms with Crippen molar-refractivity contribution in [2.75, 3.05) is 65.0 Å². The van der Waals surface area contributed by atoms with Gasteiger partial charge in [0, 0.05) is 106 Å². The number of nitrogens with zero attached hydrogens (tertiary/aromatic N) is 2. The van der Waals surface area contributed by atoms with Crippen molar-refractivity contribution in [1.29, 1.82) is 0 Å². The topological polar surface area (TPSA) is 215 Å². The third kappa shape index (κ3) is 18.7. The molecule has 0 aromatic heterocycles. The Hall–Kier alpha value is -4.93. The molecule has 15 nitrogen and oxygen atoms in total. The summed E-state index contributed by atoms with van der Waals surface area (Å²) in [5, 5.41) is 26.2. The number of hydrogen-bond acceptors (Lipinski definition) is 13. The number of ether oxygens (including phenoxy) is 3. The van der Waals surface area contributed by atoms with Crippen molar-refractivity contribution in [3.8, 4) is 0 Å². The molecule has 1 aromatic carbocycles. The van der Waals surface area contributed by atoms with Gasteiger partial charge in [-0.2, -0.15) is 22.0 Å². The van der Waals surface area contributed by atoms with Gasteiger partial charge in [-0.3, -0.25) is 28.3 Å². The lowest BCUT2D eigenvalue weighted by Gasteiger charge is -2.53. The summed E-state index contributed by atoms with van der Waals surface area (Å²) in [7, 11) is 1.52. The molecule has 1 aliphatic heterocycles. The fourth-order valence-electron chi connectivity index (χ4n) is 15.3. The van der Waals surface area contributed by atoms with E-state index in [4.69, 9.17) is 19.9 Å². The van der Waals surface area contributed by atoms with Crippen molar-refractivity contribution in [3.05, 3.63) is 93.3 Å². The summed E-state index contributed by atoms with van der Waals surface area (Å²) in [6.07, 6.45) is 8.65. The van der Waals surface area contributed by atoms with Gasteiger partial charge >= 0.3 is 18.2 Å². The van der Waals surface area contributed by atoms with Gasteiger partial charge in [-0.1, -0.05) is 102 Å². The number of piperazine rings is 1. The van der Waals surface area contributed by atoms with Crippen molar-refractivity contribution in [2.45, 2.75) is 205 Å². The van der Waals surface area contributed by atoms with Gasteiger partial charge in [-0.05, 0) is 147 Å². The van der Waals surface area contributed by atoms with Crippen molar-refractivity contribution < 1.29 is 74.6 Å². The summed E-state index contributed by atoms with van der Waals surface area (Å²) < 4.78 is 93.1. The Morgan fingerprint density at radius 1 is 0.889 bits per heavy atom. The lowest BCUT2D eigenvalue weighted by molar-refractivity contribution is -0.284. The molecule has 2 saturated carbocycles. The van der Waals surface area contributed by atoms with E-state index in [-0.39, 0.29) is 64.6 Å². The van der Waals surface area contributed by atoms with Crippen LogP contribution in [0.25, 0.3) is 0 Å². The summed E-state index contributed by atoms with van der Waals surface area (Å²) >= 11 is 0. The molecule has 1 aromatic rings. The van der Waals surface area contributed by atoms with Crippen LogP contribution in [-0.4, -0.2) is 161 Å². The number of primary amides is 1. The summed E-state index contributed by atoms with van der Waals surface area (Å²) in [4.78, 5) is 72.3. The number of aliphatic hydroxyl groups excluding tert-OH is 2. The van der Waals surface area contributed by atoms with Crippen LogP contribution < -0.4 is 11.1 Å². The maximum absolute atomic E-state index is 14.4. The number of aliphatic hydroxyl groups is 2. The zero-order valence-corrected chi connectivity index (χ0v) is 54.7. The number of alkyl halides is 5. The first-order valence-corrected chi connectivity index (χ1v) is 34.3. The number of amides is 2. The van der Waals surface area contributed by atoms with Crippen molar-refractivity contribution >= 4 is 40.1 Å². The largest absolute Gasteiger partial charge is 0.453 e. The van der Waals surface area contributed by atoms with Crippen LogP contribution >= 0.6 is 0 Å². The van der Waals surface area contributed by atoms with Crippen LogP contribution in [0.15, 0.2) is 76.6 Å². The van der Waals surface area contributed by atoms with Gasteiger partial charge in [0.15, 0.2) is 17.7 Å². The van der Waals surface area contributed by atoms with E-state index < -0.39 is 83.7 Å². The average Bonchev–Trinajstić information content (AvgIpc) is 1.39. The first-order chi connectivity index (χ1) is 42.7. The molecule has 3 fully saturated rings. The number of rotatable bonds is 23. The second kappa shape index (κ2) is 32.8. The summed E-state index contributed by atoms with van der Waals surface area (Å²) in [5.41, 5.74) is 10.5. The fraction of sp³-hybridized carbons (Fsp3) is 0.696. The van der Waals surface area contributed by atoms with Gasteiger partial charge < -0.3 is 40.4 Å². The SMILES string of the molecule is CO[C@H]1/C=C\C=C(/C)C(=O)CC2=CC(=O)C(NCCN3CCN(C(=O)Cc4ccc5c(c4)C[C@@H](CCCCCCCCCS(=O)CCCC(F)(F)C(F)(F)F)[C@@H]4[C@@H]5CC[C@]5(C)[C@@H](O)CC[C@@H]45)CC3)=C(C[C@@H](C)C[C@H](OC)[C@@H](O)[C@@H](C)/C=C(\C)[C@@H]1OC(N)=O)C2=O. The molecular weight excluding hydrogens is 1190 g/mol. The van der Waals surface area contributed by atoms with Crippen LogP contribution in [0.1, 0.15) is 166 Å². The van der Waals surface area contributed by atoms with E-state index in [9.17, 15) is 60.3 Å². The number of Topliss-reactive ketones (excluding diaryl/α,β-unsaturated/α-hetero) is 2. The van der Waals surface area contributed by atoms with Crippen LogP contribution in [-0.2, 0) is 57.0 Å². The molecule has 90 heavy (non-hydrogen) atoms. The Bertz CT molecular complexity index is 2870. The Morgan fingerprint density at radius 3 is 2.26 bits per heavy atom. The van der Waals surface area contributed by atoms with E-state index in [1.54, 1.807) is 38.2 Å². The monoisotopic (exact) mass is 1290 g/mol. The highest BCUT2D eigenvalue weighted by atomic mass is 32.2. The maximum atomic E-state index is 14.4. The number of hydrogen-bond donors (Lipinski definition) is 4. The molecule has 2 bridgehead atoms. The highest BCUT2D eigenvalue weighted by molar-refractivity contribution is 7.84. The Labute approximate surface area is 531 Å². The Balaban J connectivity index is 0.924. The van der Waals surface area contributed by atoms with E-state index in [2.05, 4.69) is 35.3 Å². The molecule has 21 heteroatoms. The van der Waals surface area contributed by atoms with Crippen LogP contribution in [0.3, 0.4) is 0 Å².